The summed E-state index contributed by atoms with van der Waals surface area (Å²) in [5.74, 6) is 0.550. The van der Waals surface area contributed by atoms with Crippen LogP contribution in [0, 0.1) is 12.8 Å². The fraction of sp³-hybridized carbons (Fsp3) is 0.368. The van der Waals surface area contributed by atoms with Crippen LogP contribution in [0.1, 0.15) is 40.4 Å². The van der Waals surface area contributed by atoms with Gasteiger partial charge in [0.2, 0.25) is 5.88 Å². The third-order valence-electron chi connectivity index (χ3n) is 4.67. The molecule has 2 aromatic rings. The predicted octanol–water partition coefficient (Wildman–Crippen LogP) is 3.29. The third kappa shape index (κ3) is 3.94. The lowest BCUT2D eigenvalue weighted by Crippen LogP contribution is -2.41. The number of amides is 1. The average Bonchev–Trinajstić information content (AvgIpc) is 2.57. The molecule has 25 heavy (non-hydrogen) atoms. The zero-order chi connectivity index (χ0) is 18.0. The quantitative estimate of drug-likeness (QED) is 0.858. The van der Waals surface area contributed by atoms with E-state index in [0.29, 0.717) is 29.3 Å². The molecule has 1 aliphatic carbocycles. The van der Waals surface area contributed by atoms with Crippen LogP contribution in [0.25, 0.3) is 0 Å². The fourth-order valence-corrected chi connectivity index (χ4v) is 3.40. The molecule has 6 heteroatoms. The Morgan fingerprint density at radius 2 is 2.12 bits per heavy atom. The molecule has 0 saturated heterocycles. The number of carbonyl (C=O) groups excluding carboxylic acids is 1. The van der Waals surface area contributed by atoms with Crippen LogP contribution in [0.3, 0.4) is 0 Å². The topological polar surface area (TPSA) is 71.5 Å². The number of rotatable bonds is 5. The summed E-state index contributed by atoms with van der Waals surface area (Å²) in [5, 5.41) is 13.4. The summed E-state index contributed by atoms with van der Waals surface area (Å²) in [7, 11) is 1.56. The highest BCUT2D eigenvalue weighted by atomic mass is 35.5. The second-order valence-corrected chi connectivity index (χ2v) is 6.87. The van der Waals surface area contributed by atoms with E-state index < -0.39 is 0 Å². The van der Waals surface area contributed by atoms with Gasteiger partial charge in [0, 0.05) is 22.8 Å². The van der Waals surface area contributed by atoms with Crippen molar-refractivity contribution in [2.75, 3.05) is 7.11 Å². The van der Waals surface area contributed by atoms with Crippen molar-refractivity contribution < 1.29 is 14.6 Å². The zero-order valence-corrected chi connectivity index (χ0v) is 15.0. The molecule has 132 valence electrons. The average molecular weight is 361 g/mol. The minimum absolute atomic E-state index is 0.156. The number of halogens is 1. The lowest BCUT2D eigenvalue weighted by molar-refractivity contribution is 0.0234. The number of aliphatic hydroxyl groups excluding tert-OH is 1. The minimum Gasteiger partial charge on any atom is -0.481 e. The van der Waals surface area contributed by atoms with E-state index in [9.17, 15) is 9.90 Å². The van der Waals surface area contributed by atoms with Crippen LogP contribution in [0.4, 0.5) is 0 Å². The van der Waals surface area contributed by atoms with Gasteiger partial charge < -0.3 is 15.2 Å². The molecule has 1 fully saturated rings. The molecule has 3 rings (SSSR count). The van der Waals surface area contributed by atoms with E-state index in [1.807, 2.05) is 13.0 Å². The first-order valence-electron chi connectivity index (χ1n) is 8.23. The molecule has 0 unspecified atom stereocenters. The van der Waals surface area contributed by atoms with Gasteiger partial charge in [-0.3, -0.25) is 4.79 Å². The van der Waals surface area contributed by atoms with Gasteiger partial charge in [0.25, 0.3) is 5.91 Å². The van der Waals surface area contributed by atoms with Crippen LogP contribution >= 0.6 is 11.6 Å². The normalized spacial score (nSPS) is 20.5. The number of benzene rings is 1. The van der Waals surface area contributed by atoms with Crippen molar-refractivity contribution >= 4 is 17.5 Å². The molecular formula is C19H21ClN2O3. The number of ether oxygens (including phenoxy) is 1. The van der Waals surface area contributed by atoms with Gasteiger partial charge >= 0.3 is 0 Å². The second kappa shape index (κ2) is 7.42. The standard InChI is InChI=1S/C19H21ClN2O3/c1-11-7-14(20)4-5-16(11)19(24)22-18(13-8-15(23)9-13)12-3-6-17(25-2)21-10-12/h3-7,10,13,15,18,23H,8-9H2,1-2H3,(H,22,24)/t13?,15?,18-/m1/s1. The molecule has 1 atom stereocenters. The van der Waals surface area contributed by atoms with Crippen molar-refractivity contribution in [1.82, 2.24) is 10.3 Å². The van der Waals surface area contributed by atoms with Crippen LogP contribution in [-0.2, 0) is 0 Å². The number of hydrogen-bond acceptors (Lipinski definition) is 4. The molecule has 1 heterocycles. The van der Waals surface area contributed by atoms with Crippen LogP contribution in [-0.4, -0.2) is 29.2 Å². The van der Waals surface area contributed by atoms with Crippen LogP contribution in [0.2, 0.25) is 5.02 Å². The monoisotopic (exact) mass is 360 g/mol. The maximum absolute atomic E-state index is 12.7. The lowest BCUT2D eigenvalue weighted by Gasteiger charge is -2.38. The SMILES string of the molecule is COc1ccc([C@@H](NC(=O)c2ccc(Cl)cc2C)C2CC(O)C2)cn1. The van der Waals surface area contributed by atoms with Crippen LogP contribution in [0.5, 0.6) is 5.88 Å². The number of carbonyl (C=O) groups is 1. The number of aryl methyl sites for hydroxylation is 1. The van der Waals surface area contributed by atoms with Gasteiger partial charge in [-0.1, -0.05) is 17.7 Å². The van der Waals surface area contributed by atoms with Crippen molar-refractivity contribution in [3.05, 3.63) is 58.2 Å². The number of nitrogens with zero attached hydrogens (tertiary/aromatic N) is 1. The van der Waals surface area contributed by atoms with Crippen molar-refractivity contribution in [1.29, 1.82) is 0 Å². The lowest BCUT2D eigenvalue weighted by atomic mass is 9.75. The minimum atomic E-state index is -0.298. The fourth-order valence-electron chi connectivity index (χ4n) is 3.17. The van der Waals surface area contributed by atoms with E-state index in [-0.39, 0.29) is 24.0 Å². The van der Waals surface area contributed by atoms with E-state index in [1.165, 1.54) is 0 Å². The zero-order valence-electron chi connectivity index (χ0n) is 14.2. The number of aliphatic hydroxyl groups is 1. The number of aromatic nitrogens is 1. The molecule has 1 aromatic heterocycles. The Hall–Kier alpha value is -2.11. The molecule has 2 N–H and O–H groups in total. The Morgan fingerprint density at radius 3 is 2.68 bits per heavy atom. The first-order chi connectivity index (χ1) is 12.0. The Balaban J connectivity index is 1.83. The highest BCUT2D eigenvalue weighted by Gasteiger charge is 2.36. The van der Waals surface area contributed by atoms with Crippen molar-refractivity contribution in [2.24, 2.45) is 5.92 Å². The van der Waals surface area contributed by atoms with E-state index in [2.05, 4.69) is 10.3 Å². The molecule has 0 bridgehead atoms. The second-order valence-electron chi connectivity index (χ2n) is 6.43. The molecule has 0 radical (unpaired) electrons. The predicted molar refractivity (Wildman–Crippen MR) is 95.9 cm³/mol. The summed E-state index contributed by atoms with van der Waals surface area (Å²) >= 11 is 5.97. The Bertz CT molecular complexity index is 758. The maximum atomic E-state index is 12.7. The molecule has 1 amide bonds. The molecule has 0 spiro atoms. The summed E-state index contributed by atoms with van der Waals surface area (Å²) in [5.41, 5.74) is 2.32. The van der Waals surface area contributed by atoms with Crippen molar-refractivity contribution in [2.45, 2.75) is 31.9 Å². The summed E-state index contributed by atoms with van der Waals surface area (Å²) in [6, 6.07) is 8.68. The van der Waals surface area contributed by atoms with E-state index >= 15 is 0 Å². The number of methoxy groups -OCH3 is 1. The summed E-state index contributed by atoms with van der Waals surface area (Å²) in [4.78, 5) is 17.0. The number of pyridine rings is 1. The van der Waals surface area contributed by atoms with E-state index in [4.69, 9.17) is 16.3 Å². The Labute approximate surface area is 152 Å². The maximum Gasteiger partial charge on any atom is 0.252 e. The highest BCUT2D eigenvalue weighted by Crippen LogP contribution is 2.38. The van der Waals surface area contributed by atoms with Gasteiger partial charge in [0.1, 0.15) is 0 Å². The van der Waals surface area contributed by atoms with E-state index in [0.717, 1.165) is 11.1 Å². The molecule has 0 aliphatic heterocycles. The largest absolute Gasteiger partial charge is 0.481 e. The van der Waals surface area contributed by atoms with Gasteiger partial charge in [-0.25, -0.2) is 4.98 Å². The first-order valence-corrected chi connectivity index (χ1v) is 8.60. The third-order valence-corrected chi connectivity index (χ3v) is 4.90. The molecule has 1 aromatic carbocycles. The summed E-state index contributed by atoms with van der Waals surface area (Å²) in [6.45, 7) is 1.86. The molecule has 5 nitrogen and oxygen atoms in total. The van der Waals surface area contributed by atoms with E-state index in [1.54, 1.807) is 37.6 Å². The van der Waals surface area contributed by atoms with Crippen LogP contribution in [0.15, 0.2) is 36.5 Å². The van der Waals surface area contributed by atoms with Gasteiger partial charge in [-0.15, -0.1) is 0 Å². The summed E-state index contributed by atoms with van der Waals surface area (Å²) in [6.07, 6.45) is 2.74. The molecular weight excluding hydrogens is 340 g/mol. The molecule has 1 aliphatic rings. The highest BCUT2D eigenvalue weighted by molar-refractivity contribution is 6.30. The summed E-state index contributed by atoms with van der Waals surface area (Å²) < 4.78 is 5.09. The molecule has 1 saturated carbocycles. The number of nitrogens with one attached hydrogen (secondary N) is 1. The van der Waals surface area contributed by atoms with Gasteiger partial charge in [-0.05, 0) is 55.0 Å². The first kappa shape index (κ1) is 17.7. The van der Waals surface area contributed by atoms with Gasteiger partial charge in [0.05, 0.1) is 19.3 Å². The smallest absolute Gasteiger partial charge is 0.252 e. The number of hydrogen-bond donors (Lipinski definition) is 2. The van der Waals surface area contributed by atoms with Gasteiger partial charge in [-0.2, -0.15) is 0 Å². The van der Waals surface area contributed by atoms with Crippen LogP contribution < -0.4 is 10.1 Å². The Kier molecular flexibility index (Phi) is 5.25. The van der Waals surface area contributed by atoms with Crippen molar-refractivity contribution in [3.63, 3.8) is 0 Å². The van der Waals surface area contributed by atoms with Gasteiger partial charge in [0.15, 0.2) is 0 Å². The van der Waals surface area contributed by atoms with Crippen molar-refractivity contribution in [3.8, 4) is 5.88 Å². The Morgan fingerprint density at radius 1 is 1.36 bits per heavy atom.